The SMILES string of the molecule is C#CCNS(=O)(=O)c1cc(C(=O)O)cc(C)c1C. The molecular formula is C12H13NO4S. The van der Waals surface area contributed by atoms with Crippen molar-refractivity contribution in [2.24, 2.45) is 0 Å². The van der Waals surface area contributed by atoms with Crippen molar-refractivity contribution >= 4 is 16.0 Å². The van der Waals surface area contributed by atoms with Crippen LogP contribution in [0.4, 0.5) is 0 Å². The topological polar surface area (TPSA) is 83.5 Å². The fourth-order valence-electron chi connectivity index (χ4n) is 1.44. The van der Waals surface area contributed by atoms with Crippen LogP contribution >= 0.6 is 0 Å². The quantitative estimate of drug-likeness (QED) is 0.794. The molecule has 1 rings (SSSR count). The summed E-state index contributed by atoms with van der Waals surface area (Å²) in [5.41, 5.74) is 1.03. The Morgan fingerprint density at radius 2 is 2.06 bits per heavy atom. The van der Waals surface area contributed by atoms with E-state index in [1.807, 2.05) is 0 Å². The molecule has 0 amide bonds. The molecule has 0 spiro atoms. The fourth-order valence-corrected chi connectivity index (χ4v) is 2.72. The Morgan fingerprint density at radius 3 is 2.56 bits per heavy atom. The van der Waals surface area contributed by atoms with Crippen LogP contribution in [0.3, 0.4) is 0 Å². The van der Waals surface area contributed by atoms with Crippen molar-refractivity contribution in [1.29, 1.82) is 0 Å². The lowest BCUT2D eigenvalue weighted by Gasteiger charge is -2.11. The van der Waals surface area contributed by atoms with E-state index in [-0.39, 0.29) is 17.0 Å². The molecule has 0 atom stereocenters. The number of carbonyl (C=O) groups is 1. The normalized spacial score (nSPS) is 10.9. The lowest BCUT2D eigenvalue weighted by Crippen LogP contribution is -2.25. The minimum atomic E-state index is -3.79. The molecule has 0 fully saturated rings. The molecule has 0 aliphatic carbocycles. The number of terminal acetylenes is 1. The summed E-state index contributed by atoms with van der Waals surface area (Å²) in [5.74, 6) is 0.984. The van der Waals surface area contributed by atoms with Crippen molar-refractivity contribution in [3.8, 4) is 12.3 Å². The lowest BCUT2D eigenvalue weighted by atomic mass is 10.1. The summed E-state index contributed by atoms with van der Waals surface area (Å²) in [7, 11) is -3.79. The van der Waals surface area contributed by atoms with Gasteiger partial charge in [-0.3, -0.25) is 0 Å². The monoisotopic (exact) mass is 267 g/mol. The van der Waals surface area contributed by atoms with Crippen LogP contribution < -0.4 is 4.72 Å². The Balaban J connectivity index is 3.41. The van der Waals surface area contributed by atoms with Gasteiger partial charge in [-0.25, -0.2) is 13.2 Å². The van der Waals surface area contributed by atoms with Gasteiger partial charge < -0.3 is 5.11 Å². The molecule has 0 bridgehead atoms. The third kappa shape index (κ3) is 2.88. The van der Waals surface area contributed by atoms with Gasteiger partial charge in [-0.2, -0.15) is 4.72 Å². The third-order valence-corrected chi connectivity index (χ3v) is 4.05. The van der Waals surface area contributed by atoms with Crippen LogP contribution in [0.1, 0.15) is 21.5 Å². The second-order valence-electron chi connectivity index (χ2n) is 3.75. The number of hydrogen-bond acceptors (Lipinski definition) is 3. The van der Waals surface area contributed by atoms with Crippen LogP contribution in [0, 0.1) is 26.2 Å². The van der Waals surface area contributed by atoms with Crippen molar-refractivity contribution in [3.63, 3.8) is 0 Å². The molecule has 6 heteroatoms. The van der Waals surface area contributed by atoms with Gasteiger partial charge in [-0.15, -0.1) is 6.42 Å². The number of benzene rings is 1. The van der Waals surface area contributed by atoms with E-state index in [1.165, 1.54) is 6.07 Å². The highest BCUT2D eigenvalue weighted by molar-refractivity contribution is 7.89. The first-order valence-corrected chi connectivity index (χ1v) is 6.55. The Kier molecular flexibility index (Phi) is 4.11. The van der Waals surface area contributed by atoms with Gasteiger partial charge in [0.15, 0.2) is 0 Å². The summed E-state index contributed by atoms with van der Waals surface area (Å²) >= 11 is 0. The van der Waals surface area contributed by atoms with Crippen LogP contribution in [0.5, 0.6) is 0 Å². The Morgan fingerprint density at radius 1 is 1.44 bits per heavy atom. The zero-order chi connectivity index (χ0) is 13.9. The van der Waals surface area contributed by atoms with Crippen LogP contribution in [0.15, 0.2) is 17.0 Å². The molecule has 5 nitrogen and oxygen atoms in total. The number of hydrogen-bond donors (Lipinski definition) is 2. The summed E-state index contributed by atoms with van der Waals surface area (Å²) in [4.78, 5) is 10.9. The second-order valence-corrected chi connectivity index (χ2v) is 5.49. The maximum absolute atomic E-state index is 11.9. The van der Waals surface area contributed by atoms with Gasteiger partial charge in [0, 0.05) is 0 Å². The van der Waals surface area contributed by atoms with Crippen LogP contribution in [0.25, 0.3) is 0 Å². The van der Waals surface area contributed by atoms with Gasteiger partial charge in [0.2, 0.25) is 10.0 Å². The van der Waals surface area contributed by atoms with Crippen molar-refractivity contribution in [1.82, 2.24) is 4.72 Å². The average Bonchev–Trinajstić information content (AvgIpc) is 2.29. The predicted octanol–water partition coefficient (Wildman–Crippen LogP) is 0.913. The maximum Gasteiger partial charge on any atom is 0.335 e. The van der Waals surface area contributed by atoms with E-state index in [4.69, 9.17) is 11.5 Å². The summed E-state index contributed by atoms with van der Waals surface area (Å²) in [5, 5.41) is 8.92. The molecule has 0 aromatic heterocycles. The number of sulfonamides is 1. The summed E-state index contributed by atoms with van der Waals surface area (Å²) in [6.45, 7) is 3.13. The van der Waals surface area contributed by atoms with Crippen LogP contribution in [0.2, 0.25) is 0 Å². The standard InChI is InChI=1S/C12H13NO4S/c1-4-5-13-18(16,17)11-7-10(12(14)15)6-8(2)9(11)3/h1,6-7,13H,5H2,2-3H3,(H,14,15). The summed E-state index contributed by atoms with van der Waals surface area (Å²) < 4.78 is 26.1. The Bertz CT molecular complexity index is 626. The smallest absolute Gasteiger partial charge is 0.335 e. The molecule has 0 aliphatic heterocycles. The van der Waals surface area contributed by atoms with Gasteiger partial charge in [0.25, 0.3) is 0 Å². The van der Waals surface area contributed by atoms with Crippen molar-refractivity contribution in [2.75, 3.05) is 6.54 Å². The largest absolute Gasteiger partial charge is 0.478 e. The fraction of sp³-hybridized carbons (Fsp3) is 0.250. The molecule has 1 aromatic rings. The Hall–Kier alpha value is -1.84. The first-order chi connectivity index (χ1) is 8.29. The number of carboxylic acid groups (broad SMARTS) is 1. The molecule has 0 aliphatic rings. The van der Waals surface area contributed by atoms with E-state index in [1.54, 1.807) is 13.8 Å². The molecule has 96 valence electrons. The van der Waals surface area contributed by atoms with E-state index in [0.717, 1.165) is 6.07 Å². The zero-order valence-electron chi connectivity index (χ0n) is 10.0. The van der Waals surface area contributed by atoms with E-state index in [9.17, 15) is 13.2 Å². The molecule has 0 unspecified atom stereocenters. The lowest BCUT2D eigenvalue weighted by molar-refractivity contribution is 0.0696. The second kappa shape index (κ2) is 5.21. The van der Waals surface area contributed by atoms with Gasteiger partial charge in [0.05, 0.1) is 17.0 Å². The van der Waals surface area contributed by atoms with E-state index in [0.29, 0.717) is 11.1 Å². The summed E-state index contributed by atoms with van der Waals surface area (Å²) in [6, 6.07) is 2.56. The van der Waals surface area contributed by atoms with Crippen molar-refractivity contribution in [3.05, 3.63) is 28.8 Å². The van der Waals surface area contributed by atoms with Gasteiger partial charge in [-0.05, 0) is 37.1 Å². The first-order valence-electron chi connectivity index (χ1n) is 5.07. The Labute approximate surface area is 106 Å². The number of rotatable bonds is 4. The summed E-state index contributed by atoms with van der Waals surface area (Å²) in [6.07, 6.45) is 4.99. The van der Waals surface area contributed by atoms with Crippen LogP contribution in [-0.4, -0.2) is 26.0 Å². The molecule has 0 saturated carbocycles. The highest BCUT2D eigenvalue weighted by atomic mass is 32.2. The minimum Gasteiger partial charge on any atom is -0.478 e. The van der Waals surface area contributed by atoms with E-state index in [2.05, 4.69) is 10.6 Å². The van der Waals surface area contributed by atoms with Gasteiger partial charge in [-0.1, -0.05) is 5.92 Å². The maximum atomic E-state index is 11.9. The molecule has 1 aromatic carbocycles. The molecule has 0 heterocycles. The molecule has 2 N–H and O–H groups in total. The highest BCUT2D eigenvalue weighted by Crippen LogP contribution is 2.21. The molecule has 0 radical (unpaired) electrons. The average molecular weight is 267 g/mol. The van der Waals surface area contributed by atoms with E-state index < -0.39 is 16.0 Å². The predicted molar refractivity (Wildman–Crippen MR) is 66.9 cm³/mol. The highest BCUT2D eigenvalue weighted by Gasteiger charge is 2.19. The third-order valence-electron chi connectivity index (χ3n) is 2.52. The number of carboxylic acids is 1. The zero-order valence-corrected chi connectivity index (χ0v) is 10.8. The number of aromatic carboxylic acids is 1. The molecular weight excluding hydrogens is 254 g/mol. The van der Waals surface area contributed by atoms with Gasteiger partial charge in [0.1, 0.15) is 0 Å². The molecule has 0 saturated heterocycles. The first kappa shape index (κ1) is 14.2. The van der Waals surface area contributed by atoms with Crippen molar-refractivity contribution < 1.29 is 18.3 Å². The van der Waals surface area contributed by atoms with Crippen molar-refractivity contribution in [2.45, 2.75) is 18.7 Å². The number of nitrogens with one attached hydrogen (secondary N) is 1. The minimum absolute atomic E-state index is 0.0600. The van der Waals surface area contributed by atoms with Crippen LogP contribution in [-0.2, 0) is 10.0 Å². The van der Waals surface area contributed by atoms with E-state index >= 15 is 0 Å². The molecule has 18 heavy (non-hydrogen) atoms. The number of aryl methyl sites for hydroxylation is 1. The van der Waals surface area contributed by atoms with Gasteiger partial charge >= 0.3 is 5.97 Å².